The Morgan fingerprint density at radius 2 is 2.19 bits per heavy atom. The van der Waals surface area contributed by atoms with Gasteiger partial charge in [-0.1, -0.05) is 42.5 Å². The first-order valence-corrected chi connectivity index (χ1v) is 6.99. The summed E-state index contributed by atoms with van der Waals surface area (Å²) in [5, 5.41) is 2.67. The van der Waals surface area contributed by atoms with Crippen molar-refractivity contribution in [1.29, 1.82) is 0 Å². The second-order valence-corrected chi connectivity index (χ2v) is 5.42. The number of carbonyl (C=O) groups is 2. The lowest BCUT2D eigenvalue weighted by Crippen LogP contribution is -2.47. The zero-order valence-corrected chi connectivity index (χ0v) is 11.6. The SMILES string of the molecule is O=C1C[C@H]2C=C[C@](CNC(=O)OCc3ccccc3)(C1)O2. The van der Waals surface area contributed by atoms with Crippen molar-refractivity contribution < 1.29 is 19.1 Å². The smallest absolute Gasteiger partial charge is 0.407 e. The molecular formula is C16H17NO4. The summed E-state index contributed by atoms with van der Waals surface area (Å²) in [6.07, 6.45) is 3.84. The Hall–Kier alpha value is -2.14. The van der Waals surface area contributed by atoms with E-state index in [0.29, 0.717) is 12.8 Å². The van der Waals surface area contributed by atoms with Crippen LogP contribution in [-0.4, -0.2) is 30.1 Å². The van der Waals surface area contributed by atoms with Crippen molar-refractivity contribution in [2.45, 2.75) is 31.2 Å². The molecule has 0 radical (unpaired) electrons. The number of nitrogens with one attached hydrogen (secondary N) is 1. The minimum Gasteiger partial charge on any atom is -0.445 e. The van der Waals surface area contributed by atoms with E-state index in [1.165, 1.54) is 0 Å². The van der Waals surface area contributed by atoms with Crippen LogP contribution < -0.4 is 5.32 Å². The number of fused-ring (bicyclic) bond motifs is 2. The van der Waals surface area contributed by atoms with Crippen LogP contribution in [0.3, 0.4) is 0 Å². The number of rotatable bonds is 4. The van der Waals surface area contributed by atoms with Gasteiger partial charge in [-0.15, -0.1) is 0 Å². The standard InChI is InChI=1S/C16H17NO4/c18-13-8-14-6-7-16(9-13,21-14)11-17-15(19)20-10-12-4-2-1-3-5-12/h1-7,14H,8-11H2,(H,17,19)/t14-,16-/m1/s1. The molecule has 0 saturated carbocycles. The van der Waals surface area contributed by atoms with Gasteiger partial charge in [0.25, 0.3) is 0 Å². The molecule has 2 heterocycles. The van der Waals surface area contributed by atoms with Gasteiger partial charge in [0.1, 0.15) is 18.0 Å². The molecule has 2 atom stereocenters. The third kappa shape index (κ3) is 3.31. The third-order valence-electron chi connectivity index (χ3n) is 3.67. The van der Waals surface area contributed by atoms with Gasteiger partial charge in [-0.25, -0.2) is 4.79 Å². The van der Waals surface area contributed by atoms with Crippen molar-refractivity contribution in [2.75, 3.05) is 6.54 Å². The highest BCUT2D eigenvalue weighted by atomic mass is 16.6. The van der Waals surface area contributed by atoms with Gasteiger partial charge in [-0.3, -0.25) is 4.79 Å². The fourth-order valence-corrected chi connectivity index (χ4v) is 2.66. The molecule has 21 heavy (non-hydrogen) atoms. The van der Waals surface area contributed by atoms with Crippen molar-refractivity contribution in [3.63, 3.8) is 0 Å². The molecule has 110 valence electrons. The first kappa shape index (κ1) is 13.8. The minimum atomic E-state index is -0.689. The monoisotopic (exact) mass is 287 g/mol. The Morgan fingerprint density at radius 3 is 3.00 bits per heavy atom. The van der Waals surface area contributed by atoms with E-state index in [0.717, 1.165) is 5.56 Å². The molecule has 5 nitrogen and oxygen atoms in total. The lowest BCUT2D eigenvalue weighted by molar-refractivity contribution is -0.136. The van der Waals surface area contributed by atoms with Gasteiger partial charge in [-0.2, -0.15) is 0 Å². The maximum Gasteiger partial charge on any atom is 0.407 e. The van der Waals surface area contributed by atoms with Gasteiger partial charge in [0.2, 0.25) is 0 Å². The second-order valence-electron chi connectivity index (χ2n) is 5.42. The highest BCUT2D eigenvalue weighted by Gasteiger charge is 2.42. The van der Waals surface area contributed by atoms with Crippen LogP contribution in [-0.2, 0) is 20.9 Å². The summed E-state index contributed by atoms with van der Waals surface area (Å²) in [7, 11) is 0. The first-order chi connectivity index (χ1) is 10.2. The summed E-state index contributed by atoms with van der Waals surface area (Å²) in [6.45, 7) is 0.470. The van der Waals surface area contributed by atoms with Gasteiger partial charge >= 0.3 is 6.09 Å². The first-order valence-electron chi connectivity index (χ1n) is 6.99. The number of hydrogen-bond donors (Lipinski definition) is 1. The third-order valence-corrected chi connectivity index (χ3v) is 3.67. The topological polar surface area (TPSA) is 64.6 Å². The van der Waals surface area contributed by atoms with Crippen LogP contribution in [0.5, 0.6) is 0 Å². The molecule has 0 aromatic heterocycles. The van der Waals surface area contributed by atoms with Gasteiger partial charge in [0.05, 0.1) is 12.6 Å². The molecule has 1 saturated heterocycles. The van der Waals surface area contributed by atoms with Crippen LogP contribution >= 0.6 is 0 Å². The average molecular weight is 287 g/mol. The van der Waals surface area contributed by atoms with Gasteiger partial charge in [-0.05, 0) is 5.56 Å². The maximum atomic E-state index is 11.7. The molecule has 5 heteroatoms. The van der Waals surface area contributed by atoms with Gasteiger partial charge < -0.3 is 14.8 Å². The lowest BCUT2D eigenvalue weighted by atomic mass is 9.95. The van der Waals surface area contributed by atoms with Crippen LogP contribution in [0.25, 0.3) is 0 Å². The van der Waals surface area contributed by atoms with Gasteiger partial charge in [0, 0.05) is 12.8 Å². The van der Waals surface area contributed by atoms with Crippen molar-refractivity contribution in [3.05, 3.63) is 48.0 Å². The molecule has 0 spiro atoms. The van der Waals surface area contributed by atoms with Crippen molar-refractivity contribution in [1.82, 2.24) is 5.32 Å². The predicted octanol–water partition coefficient (Wildman–Crippen LogP) is 1.97. The molecule has 1 aromatic carbocycles. The van der Waals surface area contributed by atoms with Crippen LogP contribution in [0, 0.1) is 0 Å². The highest BCUT2D eigenvalue weighted by Crippen LogP contribution is 2.33. The summed E-state index contributed by atoms with van der Waals surface area (Å²) in [5.41, 5.74) is 0.238. The van der Waals surface area contributed by atoms with Crippen LogP contribution in [0.15, 0.2) is 42.5 Å². The van der Waals surface area contributed by atoms with Crippen LogP contribution in [0.4, 0.5) is 4.79 Å². The number of hydrogen-bond acceptors (Lipinski definition) is 4. The average Bonchev–Trinajstić information content (AvgIpc) is 2.80. The number of ketones is 1. The summed E-state index contributed by atoms with van der Waals surface area (Å²) in [6, 6.07) is 9.46. The Bertz CT molecular complexity index is 569. The Morgan fingerprint density at radius 1 is 1.38 bits per heavy atom. The molecule has 3 rings (SSSR count). The highest BCUT2D eigenvalue weighted by molar-refractivity contribution is 5.82. The van der Waals surface area contributed by atoms with E-state index in [-0.39, 0.29) is 25.0 Å². The molecular weight excluding hydrogens is 270 g/mol. The number of Topliss-reactive ketones (excluding diaryl/α,β-unsaturated/α-hetero) is 1. The van der Waals surface area contributed by atoms with Crippen LogP contribution in [0.1, 0.15) is 18.4 Å². The molecule has 1 N–H and O–H groups in total. The van der Waals surface area contributed by atoms with E-state index in [1.807, 2.05) is 42.5 Å². The van der Waals surface area contributed by atoms with E-state index in [2.05, 4.69) is 5.32 Å². The summed E-state index contributed by atoms with van der Waals surface area (Å²) < 4.78 is 10.9. The molecule has 1 aromatic rings. The molecule has 1 fully saturated rings. The largest absolute Gasteiger partial charge is 0.445 e. The zero-order valence-electron chi connectivity index (χ0n) is 11.6. The Balaban J connectivity index is 1.48. The summed E-state index contributed by atoms with van der Waals surface area (Å²) in [5.74, 6) is 0.163. The maximum absolute atomic E-state index is 11.7. The molecule has 0 aliphatic carbocycles. The van der Waals surface area contributed by atoms with E-state index < -0.39 is 11.7 Å². The number of ether oxygens (including phenoxy) is 2. The van der Waals surface area contributed by atoms with E-state index in [9.17, 15) is 9.59 Å². The fraction of sp³-hybridized carbons (Fsp3) is 0.375. The molecule has 2 aliphatic heterocycles. The number of carbonyl (C=O) groups excluding carboxylic acids is 2. The molecule has 2 aliphatic rings. The van der Waals surface area contributed by atoms with Crippen LogP contribution in [0.2, 0.25) is 0 Å². The Kier molecular flexibility index (Phi) is 3.75. The zero-order chi connectivity index (χ0) is 14.7. The molecule has 1 amide bonds. The Labute approximate surface area is 122 Å². The number of amides is 1. The summed E-state index contributed by atoms with van der Waals surface area (Å²) >= 11 is 0. The van der Waals surface area contributed by atoms with Crippen molar-refractivity contribution in [3.8, 4) is 0 Å². The normalized spacial score (nSPS) is 26.7. The van der Waals surface area contributed by atoms with Crippen molar-refractivity contribution >= 4 is 11.9 Å². The quantitative estimate of drug-likeness (QED) is 0.860. The fourth-order valence-electron chi connectivity index (χ4n) is 2.66. The van der Waals surface area contributed by atoms with E-state index in [4.69, 9.17) is 9.47 Å². The molecule has 2 bridgehead atoms. The van der Waals surface area contributed by atoms with E-state index in [1.54, 1.807) is 0 Å². The minimum absolute atomic E-state index is 0.145. The van der Waals surface area contributed by atoms with Crippen molar-refractivity contribution in [2.24, 2.45) is 0 Å². The predicted molar refractivity (Wildman–Crippen MR) is 75.6 cm³/mol. The van der Waals surface area contributed by atoms with E-state index >= 15 is 0 Å². The second kappa shape index (κ2) is 5.69. The number of benzene rings is 1. The number of alkyl carbamates (subject to hydrolysis) is 1. The van der Waals surface area contributed by atoms with Gasteiger partial charge in [0.15, 0.2) is 0 Å². The lowest BCUT2D eigenvalue weighted by Gasteiger charge is -2.32. The summed E-state index contributed by atoms with van der Waals surface area (Å²) in [4.78, 5) is 23.3. The molecule has 0 unspecified atom stereocenters.